The summed E-state index contributed by atoms with van der Waals surface area (Å²) in [5.74, 6) is 0.673. The second-order valence-electron chi connectivity index (χ2n) is 6.47. The summed E-state index contributed by atoms with van der Waals surface area (Å²) >= 11 is 0. The van der Waals surface area contributed by atoms with Crippen LogP contribution in [0.4, 0.5) is 0 Å². The lowest BCUT2D eigenvalue weighted by atomic mass is 10.0. The Bertz CT molecular complexity index is 463. The van der Waals surface area contributed by atoms with Crippen molar-refractivity contribution in [2.24, 2.45) is 0 Å². The fraction of sp³-hybridized carbons (Fsp3) is 0.647. The van der Waals surface area contributed by atoms with Gasteiger partial charge in [-0.05, 0) is 64.3 Å². The van der Waals surface area contributed by atoms with Crippen LogP contribution < -0.4 is 5.32 Å². The van der Waals surface area contributed by atoms with E-state index in [1.807, 2.05) is 20.8 Å². The first-order valence-corrected chi connectivity index (χ1v) is 8.76. The smallest absolute Gasteiger partial charge is 0.0437 e. The predicted molar refractivity (Wildman–Crippen MR) is 89.7 cm³/mol. The molecule has 2 unspecified atom stereocenters. The maximum absolute atomic E-state index is 12.4. The first-order valence-electron chi connectivity index (χ1n) is 7.44. The quantitative estimate of drug-likeness (QED) is 0.862. The zero-order valence-electron chi connectivity index (χ0n) is 13.7. The van der Waals surface area contributed by atoms with Gasteiger partial charge < -0.3 is 5.32 Å². The van der Waals surface area contributed by atoms with Crippen molar-refractivity contribution in [1.82, 2.24) is 5.32 Å². The summed E-state index contributed by atoms with van der Waals surface area (Å²) in [6.45, 7) is 13.5. The minimum Gasteiger partial charge on any atom is -0.309 e. The molecule has 0 aromatic heterocycles. The molecule has 2 atom stereocenters. The van der Waals surface area contributed by atoms with Crippen molar-refractivity contribution >= 4 is 10.8 Å². The molecule has 20 heavy (non-hydrogen) atoms. The monoisotopic (exact) mass is 295 g/mol. The molecule has 0 aliphatic carbocycles. The molecule has 2 nitrogen and oxygen atoms in total. The van der Waals surface area contributed by atoms with Crippen molar-refractivity contribution in [1.29, 1.82) is 0 Å². The van der Waals surface area contributed by atoms with Crippen LogP contribution in [0.25, 0.3) is 0 Å². The molecule has 3 heteroatoms. The summed E-state index contributed by atoms with van der Waals surface area (Å²) in [6.07, 6.45) is 1.09. The molecule has 1 N–H and O–H groups in total. The number of nitrogens with one attached hydrogen (secondary N) is 1. The van der Waals surface area contributed by atoms with Crippen LogP contribution in [0.15, 0.2) is 18.2 Å². The molecule has 0 heterocycles. The van der Waals surface area contributed by atoms with Gasteiger partial charge in [-0.15, -0.1) is 0 Å². The Morgan fingerprint density at radius 3 is 2.35 bits per heavy atom. The van der Waals surface area contributed by atoms with Crippen LogP contribution in [0.2, 0.25) is 0 Å². The highest BCUT2D eigenvalue weighted by atomic mass is 32.2. The van der Waals surface area contributed by atoms with E-state index in [1.54, 1.807) is 0 Å². The molecule has 0 fully saturated rings. The Balaban J connectivity index is 2.93. The highest BCUT2D eigenvalue weighted by Crippen LogP contribution is 2.22. The normalized spacial score (nSPS) is 15.1. The Hall–Kier alpha value is -0.670. The summed E-state index contributed by atoms with van der Waals surface area (Å²) in [4.78, 5) is 0. The molecule has 0 spiro atoms. The van der Waals surface area contributed by atoms with Gasteiger partial charge in [-0.1, -0.05) is 25.1 Å². The zero-order valence-corrected chi connectivity index (χ0v) is 14.6. The third kappa shape index (κ3) is 5.02. The van der Waals surface area contributed by atoms with E-state index in [2.05, 4.69) is 44.3 Å². The van der Waals surface area contributed by atoms with Gasteiger partial charge in [0, 0.05) is 27.3 Å². The lowest BCUT2D eigenvalue weighted by Crippen LogP contribution is -2.33. The fourth-order valence-electron chi connectivity index (χ4n) is 1.97. The number of rotatable bonds is 6. The lowest BCUT2D eigenvalue weighted by molar-refractivity contribution is 0.562. The van der Waals surface area contributed by atoms with Crippen LogP contribution in [-0.4, -0.2) is 21.3 Å². The summed E-state index contributed by atoms with van der Waals surface area (Å²) in [6, 6.07) is 6.72. The largest absolute Gasteiger partial charge is 0.309 e. The van der Waals surface area contributed by atoms with Crippen molar-refractivity contribution in [2.75, 3.05) is 12.3 Å². The third-order valence-corrected chi connectivity index (χ3v) is 5.58. The van der Waals surface area contributed by atoms with Crippen LogP contribution >= 0.6 is 0 Å². The van der Waals surface area contributed by atoms with Crippen LogP contribution in [0.5, 0.6) is 0 Å². The van der Waals surface area contributed by atoms with E-state index in [9.17, 15) is 4.21 Å². The van der Waals surface area contributed by atoms with Crippen molar-refractivity contribution in [3.8, 4) is 0 Å². The van der Waals surface area contributed by atoms with E-state index in [0.29, 0.717) is 5.75 Å². The van der Waals surface area contributed by atoms with E-state index < -0.39 is 10.8 Å². The molecular formula is C17H29NOS. The molecule has 0 bridgehead atoms. The average Bonchev–Trinajstić information content (AvgIpc) is 2.36. The molecule has 114 valence electrons. The Morgan fingerprint density at radius 1 is 1.20 bits per heavy atom. The fourth-order valence-corrected chi connectivity index (χ4v) is 3.09. The van der Waals surface area contributed by atoms with Gasteiger partial charge in [-0.3, -0.25) is 4.21 Å². The topological polar surface area (TPSA) is 29.1 Å². The van der Waals surface area contributed by atoms with E-state index in [-0.39, 0.29) is 10.8 Å². The van der Waals surface area contributed by atoms with Gasteiger partial charge in [0.1, 0.15) is 0 Å². The molecule has 1 aromatic rings. The molecule has 1 rings (SSSR count). The number of hydrogen-bond acceptors (Lipinski definition) is 2. The Labute approximate surface area is 126 Å². The molecule has 0 saturated heterocycles. The molecule has 0 radical (unpaired) electrons. The summed E-state index contributed by atoms with van der Waals surface area (Å²) in [5, 5.41) is 3.54. The van der Waals surface area contributed by atoms with Crippen molar-refractivity contribution in [3.05, 3.63) is 34.9 Å². The standard InChI is InChI=1S/C17H29NOS/c1-7-10-18-16(12-20(19)17(4,5)6)15-9-8-13(2)14(3)11-15/h8-9,11,16,18H,7,10,12H2,1-6H3. The molecule has 0 aliphatic heterocycles. The molecule has 0 aliphatic rings. The number of aryl methyl sites for hydroxylation is 2. The second kappa shape index (κ2) is 7.37. The van der Waals surface area contributed by atoms with Crippen molar-refractivity contribution in [2.45, 2.75) is 58.8 Å². The second-order valence-corrected chi connectivity index (χ2v) is 8.72. The van der Waals surface area contributed by atoms with Crippen molar-refractivity contribution < 1.29 is 4.21 Å². The number of hydrogen-bond donors (Lipinski definition) is 1. The van der Waals surface area contributed by atoms with Crippen LogP contribution in [-0.2, 0) is 10.8 Å². The van der Waals surface area contributed by atoms with Gasteiger partial charge in [-0.2, -0.15) is 0 Å². The summed E-state index contributed by atoms with van der Waals surface area (Å²) in [5.41, 5.74) is 3.85. The van der Waals surface area contributed by atoms with E-state index in [4.69, 9.17) is 0 Å². The average molecular weight is 295 g/mol. The number of benzene rings is 1. The van der Waals surface area contributed by atoms with Crippen LogP contribution in [0.1, 0.15) is 56.8 Å². The van der Waals surface area contributed by atoms with E-state index in [1.165, 1.54) is 16.7 Å². The first-order chi connectivity index (χ1) is 9.25. The molecule has 0 amide bonds. The highest BCUT2D eigenvalue weighted by Gasteiger charge is 2.24. The Kier molecular flexibility index (Phi) is 6.41. The SMILES string of the molecule is CCCNC(CS(=O)C(C)(C)C)c1ccc(C)c(C)c1. The van der Waals surface area contributed by atoms with E-state index in [0.717, 1.165) is 13.0 Å². The molecular weight excluding hydrogens is 266 g/mol. The van der Waals surface area contributed by atoms with Crippen LogP contribution in [0.3, 0.4) is 0 Å². The van der Waals surface area contributed by atoms with E-state index >= 15 is 0 Å². The minimum atomic E-state index is -0.846. The third-order valence-electron chi connectivity index (χ3n) is 3.58. The van der Waals surface area contributed by atoms with Gasteiger partial charge in [0.15, 0.2) is 0 Å². The van der Waals surface area contributed by atoms with Gasteiger partial charge in [0.05, 0.1) is 0 Å². The maximum Gasteiger partial charge on any atom is 0.0437 e. The van der Waals surface area contributed by atoms with Gasteiger partial charge in [-0.25, -0.2) is 0 Å². The molecule has 1 aromatic carbocycles. The van der Waals surface area contributed by atoms with Gasteiger partial charge in [0.2, 0.25) is 0 Å². The lowest BCUT2D eigenvalue weighted by Gasteiger charge is -2.24. The van der Waals surface area contributed by atoms with Gasteiger partial charge in [0.25, 0.3) is 0 Å². The van der Waals surface area contributed by atoms with Crippen LogP contribution in [0, 0.1) is 13.8 Å². The minimum absolute atomic E-state index is 0.161. The maximum atomic E-state index is 12.4. The first kappa shape index (κ1) is 17.4. The highest BCUT2D eigenvalue weighted by molar-refractivity contribution is 7.86. The van der Waals surface area contributed by atoms with Crippen molar-refractivity contribution in [3.63, 3.8) is 0 Å². The Morgan fingerprint density at radius 2 is 1.85 bits per heavy atom. The summed E-state index contributed by atoms with van der Waals surface area (Å²) in [7, 11) is -0.846. The van der Waals surface area contributed by atoms with Gasteiger partial charge >= 0.3 is 0 Å². The summed E-state index contributed by atoms with van der Waals surface area (Å²) < 4.78 is 12.3. The molecule has 0 saturated carbocycles. The zero-order chi connectivity index (χ0) is 15.3. The predicted octanol–water partition coefficient (Wildman–Crippen LogP) is 3.89.